The summed E-state index contributed by atoms with van der Waals surface area (Å²) in [4.78, 5) is 168. The van der Waals surface area contributed by atoms with Crippen molar-refractivity contribution in [2.45, 2.75) is 145 Å². The Bertz CT molecular complexity index is 6530. The Hall–Kier alpha value is -10.1. The second-order valence-electron chi connectivity index (χ2n) is 37.1. The summed E-state index contributed by atoms with van der Waals surface area (Å²) < 4.78 is 0. The first-order valence-corrected chi connectivity index (χ1v) is 47.3. The zero-order valence-electron chi connectivity index (χ0n) is 80.5. The van der Waals surface area contributed by atoms with E-state index in [4.69, 9.17) is 75.8 Å². The molecule has 0 unspecified atom stereocenters. The number of carboxylic acid groups (broad SMARTS) is 5. The Morgan fingerprint density at radius 3 is 0.909 bits per heavy atom. The molecule has 28 bridgehead atoms. The van der Waals surface area contributed by atoms with E-state index in [0.717, 1.165) is 108 Å². The predicted molar refractivity (Wildman–Crippen MR) is 527 cm³/mol. The molecular formula is C109H114Eu3N18O13. The maximum absolute atomic E-state index is 13.7. The van der Waals surface area contributed by atoms with Crippen LogP contribution in [0.5, 0.6) is 0 Å². The predicted octanol–water partition coefficient (Wildman–Crippen LogP) is 14.9. The molecule has 739 valence electrons. The largest absolute Gasteiger partial charge is 0.480 e. The van der Waals surface area contributed by atoms with Gasteiger partial charge in [0.2, 0.25) is 0 Å². The molecule has 7 N–H and O–H groups in total. The molecule has 0 saturated heterocycles. The Kier molecular flexibility index (Phi) is 41.6. The molecule has 6 aliphatic rings. The van der Waals surface area contributed by atoms with Gasteiger partial charge in [0.15, 0.2) is 17.3 Å². The van der Waals surface area contributed by atoms with Crippen LogP contribution in [0.25, 0.3) is 68.3 Å². The van der Waals surface area contributed by atoms with Crippen LogP contribution < -0.4 is 5.73 Å². The van der Waals surface area contributed by atoms with Gasteiger partial charge in [0, 0.05) is 289 Å². The normalized spacial score (nSPS) is 15.0. The summed E-state index contributed by atoms with van der Waals surface area (Å²) in [6, 6.07) is 70.5. The van der Waals surface area contributed by atoms with Crippen LogP contribution in [0.3, 0.4) is 0 Å². The standard InChI is InChI=1S/C45H44N8O2.C42H37N7O3.C22H33N3O8.3Eu/c1-28(2)45(55)31-22-36-20-29-18-32-8-3-12-38(47-32)40-14-5-10-34(49-40)25-53(26-35-11-6-15-41(50-35)39-13-4-9-33(19-29)48-39)27-37-21-30(44(54)16-7-17-46)23-42(52-37)43(24-31)51-36;1-25(2)41(50)27-18-33-17-26-15-29-7-3-11-35(43-29)37-13-5-9-31(45-37)22-49(24-34-19-28(42(51)52)21-40(48-34)39(20-27)47-33)23-32-10-6-14-38(46-32)36-12-4-8-30(16-26)44-36;1-16(2)18-5-3-17(4-6-18)11-24(13-20(28)29)9-7-23(12-19(26)27)8-10-25(14-21(30)31)15-22(32)33;;;/h3-6,8-15,21-24,28-29H,7,16-20,25-27,46H2,1-2H3;3-14,18-21,25-26H,15-17,22-24H2,1-2H3,(H,51,52);3-6,16H,7-15H2,1-2H3,(H,26,27)(H,28,29)(H,30,31)(H,32,33);;;. The van der Waals surface area contributed by atoms with Crippen LogP contribution in [0.15, 0.2) is 218 Å². The number of Topliss-reactive ketones (excluding diaryl/α,β-unsaturated/α-hetero) is 3. The van der Waals surface area contributed by atoms with E-state index in [1.807, 2.05) is 216 Å². The first-order valence-electron chi connectivity index (χ1n) is 47.3. The average Bonchev–Trinajstić information content (AvgIpc) is 0.797. The van der Waals surface area contributed by atoms with Crippen LogP contribution in [-0.4, -0.2) is 216 Å². The molecule has 0 spiro atoms. The number of benzene rings is 1. The molecule has 143 heavy (non-hydrogen) atoms. The summed E-state index contributed by atoms with van der Waals surface area (Å²) in [5.74, 6) is -5.60. The van der Waals surface area contributed by atoms with Crippen molar-refractivity contribution < 1.29 is 212 Å². The van der Waals surface area contributed by atoms with Crippen molar-refractivity contribution in [3.8, 4) is 68.3 Å². The molecule has 3 radical (unpaired) electrons. The topological polar surface area (TPSA) is 435 Å². The molecule has 31 nitrogen and oxygen atoms in total. The minimum atomic E-state index is -1.18. The number of carbonyl (C=O) groups is 8. The number of ketones is 3. The number of pyridine rings is 12. The smallest absolute Gasteiger partial charge is 0.335 e. The molecule has 0 atom stereocenters. The molecule has 0 fully saturated rings. The number of aromatic nitrogens is 12. The van der Waals surface area contributed by atoms with E-state index >= 15 is 0 Å². The Morgan fingerprint density at radius 2 is 0.580 bits per heavy atom. The zero-order chi connectivity index (χ0) is 98.6. The van der Waals surface area contributed by atoms with E-state index in [0.29, 0.717) is 160 Å². The van der Waals surface area contributed by atoms with Crippen LogP contribution in [-0.2, 0) is 104 Å². The molecule has 19 rings (SSSR count). The second kappa shape index (κ2) is 53.3. The first-order chi connectivity index (χ1) is 67.4. The van der Waals surface area contributed by atoms with E-state index in [9.17, 15) is 53.7 Å². The fraction of sp³-hybridized carbons (Fsp3) is 0.321. The Balaban J connectivity index is 0.000000196. The van der Waals surface area contributed by atoms with Crippen molar-refractivity contribution in [2.24, 2.45) is 29.4 Å². The van der Waals surface area contributed by atoms with Gasteiger partial charge >= 0.3 is 29.8 Å². The van der Waals surface area contributed by atoms with Gasteiger partial charge in [0.1, 0.15) is 0 Å². The minimum absolute atomic E-state index is 0. The van der Waals surface area contributed by atoms with Gasteiger partial charge in [-0.3, -0.25) is 88.0 Å². The monoisotopic (exact) mass is 2340 g/mol. The number of rotatable bonds is 26. The fourth-order valence-electron chi connectivity index (χ4n) is 17.9. The number of hydrogen-bond acceptors (Lipinski definition) is 26. The molecule has 12 aromatic heterocycles. The van der Waals surface area contributed by atoms with Crippen molar-refractivity contribution in [1.82, 2.24) is 84.3 Å². The number of hydrogen-bond donors (Lipinski definition) is 6. The Morgan fingerprint density at radius 1 is 0.315 bits per heavy atom. The minimum Gasteiger partial charge on any atom is -0.480 e. The van der Waals surface area contributed by atoms with Gasteiger partial charge in [0.05, 0.1) is 134 Å². The van der Waals surface area contributed by atoms with Gasteiger partial charge in [-0.05, 0) is 226 Å². The average molecular weight is 2340 g/mol. The third-order valence-electron chi connectivity index (χ3n) is 24.6. The number of carbonyl (C=O) groups excluding carboxylic acids is 3. The maximum atomic E-state index is 13.7. The van der Waals surface area contributed by atoms with Gasteiger partial charge in [-0.15, -0.1) is 0 Å². The summed E-state index contributed by atoms with van der Waals surface area (Å²) >= 11 is 0. The number of nitrogens with zero attached hydrogens (tertiary/aromatic N) is 17. The summed E-state index contributed by atoms with van der Waals surface area (Å²) in [6.45, 7) is 14.2. The van der Waals surface area contributed by atoms with Gasteiger partial charge in [0.25, 0.3) is 0 Å². The van der Waals surface area contributed by atoms with E-state index in [-0.39, 0.29) is 234 Å². The van der Waals surface area contributed by atoms with E-state index < -0.39 is 42.9 Å². The van der Waals surface area contributed by atoms with Crippen molar-refractivity contribution in [2.75, 3.05) is 58.9 Å². The summed E-state index contributed by atoms with van der Waals surface area (Å²) in [5, 5.41) is 46.6. The molecule has 0 aliphatic carbocycles. The van der Waals surface area contributed by atoms with Crippen LogP contribution in [0.1, 0.15) is 181 Å². The van der Waals surface area contributed by atoms with Crippen LogP contribution in [0, 0.1) is 172 Å². The van der Waals surface area contributed by atoms with Crippen LogP contribution in [0.2, 0.25) is 0 Å². The second-order valence-corrected chi connectivity index (χ2v) is 37.1. The summed E-state index contributed by atoms with van der Waals surface area (Å²) in [6.07, 6.45) is 4.52. The van der Waals surface area contributed by atoms with Gasteiger partial charge in [-0.25, -0.2) is 34.7 Å². The zero-order valence-corrected chi connectivity index (χ0v) is 87.7. The SMILES string of the molecule is CC(C)C(=O)c1cc2nc(c1)-c1cc(C(=O)CCCN)cc(n1)CN1Cc3cccc(n3)-c3cccc(n3)CC(Cc3cccc(n3)-c3cccc(n3)C1)C2.CC(C)C(=O)c1cc2nc(c1)-c1cc(C(=O)O)cc(n1)CN1Cc3cccc(n3)-c3cccc(n3)CC(Cc3cccc(n3)-c3cccc(n3)C1)C2.CC(C)c1ccc(CN(CCN(CCN(CC(=O)O)CC(=O)O)CC(=O)O)CC(=O)O)cc1.[Eu].[Eu].[Eu]. The molecule has 18 heterocycles. The quantitative estimate of drug-likeness (QED) is 0.0274. The molecule has 13 aromatic rings. The van der Waals surface area contributed by atoms with E-state index in [1.54, 1.807) is 23.1 Å². The van der Waals surface area contributed by atoms with E-state index in [2.05, 4.69) is 35.8 Å². The van der Waals surface area contributed by atoms with Crippen LogP contribution in [0.4, 0.5) is 0 Å². The molecule has 1 aromatic carbocycles. The van der Waals surface area contributed by atoms with E-state index in [1.165, 1.54) is 15.4 Å². The molecule has 6 aliphatic heterocycles. The summed E-state index contributed by atoms with van der Waals surface area (Å²) in [5.41, 5.74) is 27.8. The third kappa shape index (κ3) is 32.4. The van der Waals surface area contributed by atoms with Gasteiger partial charge in [-0.1, -0.05) is 114 Å². The number of aromatic carboxylic acids is 1. The summed E-state index contributed by atoms with van der Waals surface area (Å²) in [7, 11) is 0. The van der Waals surface area contributed by atoms with Crippen molar-refractivity contribution >= 4 is 47.2 Å². The third-order valence-corrected chi connectivity index (χ3v) is 24.6. The van der Waals surface area contributed by atoms with Crippen molar-refractivity contribution in [3.63, 3.8) is 0 Å². The molecule has 0 saturated carbocycles. The molecular weight excluding hydrogens is 2230 g/mol. The fourth-order valence-corrected chi connectivity index (χ4v) is 17.9. The van der Waals surface area contributed by atoms with Crippen molar-refractivity contribution in [3.05, 3.63) is 320 Å². The number of aliphatic carboxylic acids is 4. The van der Waals surface area contributed by atoms with Crippen molar-refractivity contribution in [1.29, 1.82) is 0 Å². The molecule has 0 amide bonds. The maximum Gasteiger partial charge on any atom is 0.335 e. The first kappa shape index (κ1) is 112. The van der Waals surface area contributed by atoms with Gasteiger partial charge in [-0.2, -0.15) is 0 Å². The number of carboxylic acids is 5. The van der Waals surface area contributed by atoms with Gasteiger partial charge < -0.3 is 31.3 Å². The Labute approximate surface area is 953 Å². The van der Waals surface area contributed by atoms with Crippen LogP contribution >= 0.6 is 0 Å². The number of nitrogens with two attached hydrogens (primary N) is 1. The molecule has 34 heteroatoms.